The van der Waals surface area contributed by atoms with Crippen LogP contribution < -0.4 is 0 Å². The molecule has 1 aromatic rings. The summed E-state index contributed by atoms with van der Waals surface area (Å²) in [6.45, 7) is 0. The van der Waals surface area contributed by atoms with Crippen molar-refractivity contribution in [1.82, 2.24) is 4.90 Å². The largest absolute Gasteiger partial charge is 0.391 e. The molecule has 1 N–H and O–H groups in total. The van der Waals surface area contributed by atoms with Gasteiger partial charge in [0.1, 0.15) is 5.38 Å². The number of hydrogen-bond acceptors (Lipinski definition) is 2. The monoisotopic (exact) mass is 281 g/mol. The number of halogens is 1. The van der Waals surface area contributed by atoms with Crippen LogP contribution in [0.25, 0.3) is 0 Å². The highest BCUT2D eigenvalue weighted by molar-refractivity contribution is 6.30. The van der Waals surface area contributed by atoms with Crippen molar-refractivity contribution in [3.63, 3.8) is 0 Å². The van der Waals surface area contributed by atoms with E-state index in [1.165, 1.54) is 0 Å². The summed E-state index contributed by atoms with van der Waals surface area (Å²) >= 11 is 6.25. The summed E-state index contributed by atoms with van der Waals surface area (Å²) in [7, 11) is 1.74. The van der Waals surface area contributed by atoms with Crippen molar-refractivity contribution in [1.29, 1.82) is 0 Å². The van der Waals surface area contributed by atoms with E-state index in [-0.39, 0.29) is 11.9 Å². The summed E-state index contributed by atoms with van der Waals surface area (Å²) in [5, 5.41) is 9.32. The maximum atomic E-state index is 12.4. The zero-order valence-electron chi connectivity index (χ0n) is 11.1. The van der Waals surface area contributed by atoms with Crippen molar-refractivity contribution < 1.29 is 9.90 Å². The Labute approximate surface area is 119 Å². The number of carbonyl (C=O) groups excluding carboxylic acids is 1. The van der Waals surface area contributed by atoms with Crippen molar-refractivity contribution in [2.45, 2.75) is 43.2 Å². The number of hydrogen-bond donors (Lipinski definition) is 1. The molecular weight excluding hydrogens is 262 g/mol. The molecule has 2 rings (SSSR count). The Bertz CT molecular complexity index is 423. The van der Waals surface area contributed by atoms with E-state index < -0.39 is 11.5 Å². The van der Waals surface area contributed by atoms with Crippen LogP contribution in [0.15, 0.2) is 30.3 Å². The molecule has 3 unspecified atom stereocenters. The second-order valence-corrected chi connectivity index (χ2v) is 5.58. The van der Waals surface area contributed by atoms with Gasteiger partial charge in [-0.2, -0.15) is 0 Å². The molecule has 3 atom stereocenters. The minimum Gasteiger partial charge on any atom is -0.391 e. The number of aliphatic hydroxyl groups excluding tert-OH is 1. The summed E-state index contributed by atoms with van der Waals surface area (Å²) in [5.41, 5.74) is 0.798. The fourth-order valence-corrected chi connectivity index (χ4v) is 2.95. The van der Waals surface area contributed by atoms with Crippen LogP contribution in [-0.4, -0.2) is 35.1 Å². The fraction of sp³-hybridized carbons (Fsp3) is 0.533. The third kappa shape index (κ3) is 3.28. The van der Waals surface area contributed by atoms with E-state index >= 15 is 0 Å². The molecule has 0 heterocycles. The Hall–Kier alpha value is -1.06. The SMILES string of the molecule is CN(C(=O)C(Cl)c1ccccc1)C1CCCCC1O. The lowest BCUT2D eigenvalue weighted by atomic mass is 9.91. The van der Waals surface area contributed by atoms with Gasteiger partial charge in [-0.25, -0.2) is 0 Å². The highest BCUT2D eigenvalue weighted by Gasteiger charge is 2.32. The Morgan fingerprint density at radius 2 is 1.95 bits per heavy atom. The number of benzene rings is 1. The van der Waals surface area contributed by atoms with Crippen molar-refractivity contribution in [3.05, 3.63) is 35.9 Å². The lowest BCUT2D eigenvalue weighted by Gasteiger charge is -2.36. The Morgan fingerprint density at radius 3 is 2.58 bits per heavy atom. The van der Waals surface area contributed by atoms with E-state index in [1.807, 2.05) is 30.3 Å². The zero-order chi connectivity index (χ0) is 13.8. The molecule has 0 radical (unpaired) electrons. The third-order valence-electron chi connectivity index (χ3n) is 3.85. The van der Waals surface area contributed by atoms with Gasteiger partial charge >= 0.3 is 0 Å². The van der Waals surface area contributed by atoms with Crippen LogP contribution in [0.5, 0.6) is 0 Å². The molecule has 1 aromatic carbocycles. The maximum absolute atomic E-state index is 12.4. The molecule has 1 aliphatic rings. The van der Waals surface area contributed by atoms with Crippen LogP contribution in [0, 0.1) is 0 Å². The minimum atomic E-state index is -0.680. The maximum Gasteiger partial charge on any atom is 0.245 e. The van der Waals surface area contributed by atoms with Gasteiger partial charge in [0.25, 0.3) is 0 Å². The van der Waals surface area contributed by atoms with E-state index in [1.54, 1.807) is 11.9 Å². The lowest BCUT2D eigenvalue weighted by molar-refractivity contribution is -0.135. The zero-order valence-corrected chi connectivity index (χ0v) is 11.9. The first-order valence-corrected chi connectivity index (χ1v) is 7.18. The summed E-state index contributed by atoms with van der Waals surface area (Å²) < 4.78 is 0. The predicted molar refractivity (Wildman–Crippen MR) is 76.1 cm³/mol. The van der Waals surface area contributed by atoms with E-state index in [9.17, 15) is 9.90 Å². The summed E-state index contributed by atoms with van der Waals surface area (Å²) in [4.78, 5) is 14.0. The van der Waals surface area contributed by atoms with Crippen molar-refractivity contribution in [2.75, 3.05) is 7.05 Å². The number of amides is 1. The molecule has 0 bridgehead atoms. The summed E-state index contributed by atoms with van der Waals surface area (Å²) in [6, 6.07) is 9.22. The van der Waals surface area contributed by atoms with Crippen molar-refractivity contribution in [3.8, 4) is 0 Å². The molecule has 4 heteroatoms. The second-order valence-electron chi connectivity index (χ2n) is 5.14. The van der Waals surface area contributed by atoms with E-state index in [0.717, 1.165) is 31.2 Å². The van der Waals surface area contributed by atoms with Gasteiger partial charge in [-0.3, -0.25) is 4.79 Å². The van der Waals surface area contributed by atoms with Crippen LogP contribution in [0.2, 0.25) is 0 Å². The number of rotatable bonds is 3. The third-order valence-corrected chi connectivity index (χ3v) is 4.29. The topological polar surface area (TPSA) is 40.5 Å². The molecule has 0 aromatic heterocycles. The first-order valence-electron chi connectivity index (χ1n) is 6.75. The van der Waals surface area contributed by atoms with Gasteiger partial charge in [-0.15, -0.1) is 11.6 Å². The van der Waals surface area contributed by atoms with Gasteiger partial charge in [0.15, 0.2) is 0 Å². The predicted octanol–water partition coefficient (Wildman–Crippen LogP) is 2.73. The molecule has 1 amide bonds. The number of carbonyl (C=O) groups is 1. The van der Waals surface area contributed by atoms with Gasteiger partial charge in [-0.05, 0) is 18.4 Å². The van der Waals surface area contributed by atoms with Crippen LogP contribution in [0.3, 0.4) is 0 Å². The second kappa shape index (κ2) is 6.40. The molecule has 1 aliphatic carbocycles. The van der Waals surface area contributed by atoms with Gasteiger partial charge < -0.3 is 10.0 Å². The fourth-order valence-electron chi connectivity index (χ4n) is 2.65. The quantitative estimate of drug-likeness (QED) is 0.866. The van der Waals surface area contributed by atoms with Gasteiger partial charge in [0.2, 0.25) is 5.91 Å². The number of likely N-dealkylation sites (N-methyl/N-ethyl adjacent to an activating group) is 1. The Kier molecular flexibility index (Phi) is 4.83. The highest BCUT2D eigenvalue weighted by atomic mass is 35.5. The van der Waals surface area contributed by atoms with Gasteiger partial charge in [0.05, 0.1) is 12.1 Å². The van der Waals surface area contributed by atoms with Crippen LogP contribution in [0.4, 0.5) is 0 Å². The van der Waals surface area contributed by atoms with E-state index in [0.29, 0.717) is 0 Å². The van der Waals surface area contributed by atoms with Gasteiger partial charge in [0, 0.05) is 7.05 Å². The highest BCUT2D eigenvalue weighted by Crippen LogP contribution is 2.27. The minimum absolute atomic E-state index is 0.105. The molecule has 0 saturated heterocycles. The molecule has 1 saturated carbocycles. The van der Waals surface area contributed by atoms with Gasteiger partial charge in [-0.1, -0.05) is 43.2 Å². The smallest absolute Gasteiger partial charge is 0.245 e. The van der Waals surface area contributed by atoms with E-state index in [4.69, 9.17) is 11.6 Å². The first-order chi connectivity index (χ1) is 9.11. The number of aliphatic hydroxyl groups is 1. The van der Waals surface area contributed by atoms with Crippen molar-refractivity contribution in [2.24, 2.45) is 0 Å². The van der Waals surface area contributed by atoms with Crippen molar-refractivity contribution >= 4 is 17.5 Å². The average molecular weight is 282 g/mol. The van der Waals surface area contributed by atoms with Crippen LogP contribution in [-0.2, 0) is 4.79 Å². The normalized spacial score (nSPS) is 24.8. The molecule has 3 nitrogen and oxygen atoms in total. The first kappa shape index (κ1) is 14.4. The molecular formula is C15H20ClNO2. The number of nitrogens with zero attached hydrogens (tertiary/aromatic N) is 1. The lowest BCUT2D eigenvalue weighted by Crippen LogP contribution is -2.47. The van der Waals surface area contributed by atoms with Crippen LogP contribution in [0.1, 0.15) is 36.6 Å². The standard InChI is InChI=1S/C15H20ClNO2/c1-17(12-9-5-6-10-13(12)18)15(19)14(16)11-7-3-2-4-8-11/h2-4,7-8,12-14,18H,5-6,9-10H2,1H3. The average Bonchev–Trinajstić information content (AvgIpc) is 2.46. The molecule has 1 fully saturated rings. The summed E-state index contributed by atoms with van der Waals surface area (Å²) in [6.07, 6.45) is 3.27. The summed E-state index contributed by atoms with van der Waals surface area (Å²) in [5.74, 6) is -0.140. The number of alkyl halides is 1. The van der Waals surface area contributed by atoms with Crippen LogP contribution >= 0.6 is 11.6 Å². The molecule has 19 heavy (non-hydrogen) atoms. The van der Waals surface area contributed by atoms with E-state index in [2.05, 4.69) is 0 Å². The molecule has 104 valence electrons. The Morgan fingerprint density at radius 1 is 1.32 bits per heavy atom. The molecule has 0 aliphatic heterocycles. The molecule has 0 spiro atoms. The Balaban J connectivity index is 2.06.